The lowest BCUT2D eigenvalue weighted by Gasteiger charge is -2.26. The minimum absolute atomic E-state index is 0. The van der Waals surface area contributed by atoms with Crippen molar-refractivity contribution in [1.29, 1.82) is 0 Å². The van der Waals surface area contributed by atoms with Crippen molar-refractivity contribution < 1.29 is 9.59 Å². The van der Waals surface area contributed by atoms with E-state index in [9.17, 15) is 9.59 Å². The SMILES string of the molecule is CCC(N)(CC)CNC(=O)CCCCCNC(C)=O.Cl. The lowest BCUT2D eigenvalue weighted by atomic mass is 9.94. The Balaban J connectivity index is 0. The number of nitrogens with one attached hydrogen (secondary N) is 2. The van der Waals surface area contributed by atoms with Crippen LogP contribution in [0, 0.1) is 0 Å². The minimum Gasteiger partial charge on any atom is -0.356 e. The zero-order chi connectivity index (χ0) is 14.7. The molecule has 4 N–H and O–H groups in total. The van der Waals surface area contributed by atoms with Crippen LogP contribution < -0.4 is 16.4 Å². The molecule has 0 bridgehead atoms. The largest absolute Gasteiger partial charge is 0.356 e. The van der Waals surface area contributed by atoms with Gasteiger partial charge in [-0.05, 0) is 25.7 Å². The molecule has 0 atom stereocenters. The van der Waals surface area contributed by atoms with E-state index in [-0.39, 0.29) is 29.8 Å². The van der Waals surface area contributed by atoms with Crippen LogP contribution in [0.2, 0.25) is 0 Å². The number of carbonyl (C=O) groups is 2. The topological polar surface area (TPSA) is 84.2 Å². The van der Waals surface area contributed by atoms with Crippen LogP contribution in [0.25, 0.3) is 0 Å². The van der Waals surface area contributed by atoms with E-state index >= 15 is 0 Å². The van der Waals surface area contributed by atoms with Crippen LogP contribution in [-0.4, -0.2) is 30.4 Å². The Kier molecular flexibility index (Phi) is 12.9. The third-order valence-electron chi connectivity index (χ3n) is 3.50. The molecular weight excluding hydrogens is 278 g/mol. The quantitative estimate of drug-likeness (QED) is 0.537. The molecule has 0 saturated carbocycles. The molecule has 0 fully saturated rings. The summed E-state index contributed by atoms with van der Waals surface area (Å²) in [7, 11) is 0. The fourth-order valence-corrected chi connectivity index (χ4v) is 1.71. The lowest BCUT2D eigenvalue weighted by Crippen LogP contribution is -2.49. The van der Waals surface area contributed by atoms with Crippen molar-refractivity contribution in [1.82, 2.24) is 10.6 Å². The third kappa shape index (κ3) is 11.1. The van der Waals surface area contributed by atoms with Crippen molar-refractivity contribution >= 4 is 24.2 Å². The maximum absolute atomic E-state index is 11.6. The molecule has 120 valence electrons. The molecule has 0 aliphatic carbocycles. The molecule has 5 nitrogen and oxygen atoms in total. The van der Waals surface area contributed by atoms with Crippen molar-refractivity contribution in [2.75, 3.05) is 13.1 Å². The normalized spacial score (nSPS) is 10.6. The molecule has 20 heavy (non-hydrogen) atoms. The van der Waals surface area contributed by atoms with Gasteiger partial charge in [0.05, 0.1) is 0 Å². The summed E-state index contributed by atoms with van der Waals surface area (Å²) < 4.78 is 0. The van der Waals surface area contributed by atoms with Crippen molar-refractivity contribution in [3.05, 3.63) is 0 Å². The smallest absolute Gasteiger partial charge is 0.220 e. The molecule has 6 heteroatoms. The Labute approximate surface area is 128 Å². The van der Waals surface area contributed by atoms with Gasteiger partial charge in [-0.1, -0.05) is 20.3 Å². The first-order valence-electron chi connectivity index (χ1n) is 7.23. The van der Waals surface area contributed by atoms with Crippen LogP contribution in [0.4, 0.5) is 0 Å². The predicted molar refractivity (Wildman–Crippen MR) is 84.9 cm³/mol. The van der Waals surface area contributed by atoms with Gasteiger partial charge in [0.25, 0.3) is 0 Å². The fraction of sp³-hybridized carbons (Fsp3) is 0.857. The lowest BCUT2D eigenvalue weighted by molar-refractivity contribution is -0.121. The van der Waals surface area contributed by atoms with Gasteiger partial charge in [-0.3, -0.25) is 9.59 Å². The number of hydrogen-bond acceptors (Lipinski definition) is 3. The summed E-state index contributed by atoms with van der Waals surface area (Å²) in [5, 5.41) is 5.64. The molecule has 0 radical (unpaired) electrons. The number of amides is 2. The van der Waals surface area contributed by atoms with E-state index in [1.165, 1.54) is 6.92 Å². The number of carbonyl (C=O) groups excluding carboxylic acids is 2. The molecule has 0 aromatic carbocycles. The Morgan fingerprint density at radius 3 is 2.15 bits per heavy atom. The number of hydrogen-bond donors (Lipinski definition) is 3. The molecule has 0 heterocycles. The maximum Gasteiger partial charge on any atom is 0.220 e. The van der Waals surface area contributed by atoms with E-state index in [2.05, 4.69) is 10.6 Å². The second-order valence-electron chi connectivity index (χ2n) is 5.14. The fourth-order valence-electron chi connectivity index (χ4n) is 1.71. The summed E-state index contributed by atoms with van der Waals surface area (Å²) in [4.78, 5) is 22.3. The van der Waals surface area contributed by atoms with Crippen LogP contribution in [0.3, 0.4) is 0 Å². The van der Waals surface area contributed by atoms with E-state index < -0.39 is 0 Å². The van der Waals surface area contributed by atoms with Crippen molar-refractivity contribution in [2.24, 2.45) is 5.73 Å². The third-order valence-corrected chi connectivity index (χ3v) is 3.50. The highest BCUT2D eigenvalue weighted by molar-refractivity contribution is 5.85. The average Bonchev–Trinajstić information content (AvgIpc) is 2.39. The van der Waals surface area contributed by atoms with Crippen LogP contribution in [0.15, 0.2) is 0 Å². The van der Waals surface area contributed by atoms with Crippen LogP contribution in [0.5, 0.6) is 0 Å². The zero-order valence-corrected chi connectivity index (χ0v) is 13.8. The highest BCUT2D eigenvalue weighted by Gasteiger charge is 2.20. The molecule has 0 aliphatic heterocycles. The van der Waals surface area contributed by atoms with Crippen LogP contribution >= 0.6 is 12.4 Å². The molecule has 0 aromatic rings. The molecule has 0 aliphatic rings. The highest BCUT2D eigenvalue weighted by Crippen LogP contribution is 2.09. The maximum atomic E-state index is 11.6. The zero-order valence-electron chi connectivity index (χ0n) is 13.0. The molecule has 0 spiro atoms. The van der Waals surface area contributed by atoms with Gasteiger partial charge in [0.2, 0.25) is 11.8 Å². The molecule has 0 aromatic heterocycles. The van der Waals surface area contributed by atoms with E-state index in [0.717, 1.165) is 32.1 Å². The van der Waals surface area contributed by atoms with E-state index in [1.807, 2.05) is 13.8 Å². The summed E-state index contributed by atoms with van der Waals surface area (Å²) in [6.45, 7) is 6.82. The molecule has 0 rings (SSSR count). The van der Waals surface area contributed by atoms with Gasteiger partial charge >= 0.3 is 0 Å². The van der Waals surface area contributed by atoms with Gasteiger partial charge in [0.1, 0.15) is 0 Å². The summed E-state index contributed by atoms with van der Waals surface area (Å²) in [5.74, 6) is 0.0624. The van der Waals surface area contributed by atoms with Gasteiger partial charge in [-0.25, -0.2) is 0 Å². The van der Waals surface area contributed by atoms with Gasteiger partial charge in [0, 0.05) is 32.0 Å². The van der Waals surface area contributed by atoms with Gasteiger partial charge in [-0.2, -0.15) is 0 Å². The Morgan fingerprint density at radius 1 is 1.05 bits per heavy atom. The van der Waals surface area contributed by atoms with E-state index in [4.69, 9.17) is 5.73 Å². The Bertz CT molecular complexity index is 282. The summed E-state index contributed by atoms with van der Waals surface area (Å²) in [5.41, 5.74) is 5.84. The van der Waals surface area contributed by atoms with Crippen molar-refractivity contribution in [2.45, 2.75) is 64.8 Å². The second kappa shape index (κ2) is 12.0. The van der Waals surface area contributed by atoms with Crippen LogP contribution in [-0.2, 0) is 9.59 Å². The first kappa shape index (κ1) is 21.5. The Hall–Kier alpha value is -0.810. The molecule has 0 saturated heterocycles. The van der Waals surface area contributed by atoms with Gasteiger partial charge < -0.3 is 16.4 Å². The molecular formula is C14H30ClN3O2. The standard InChI is InChI=1S/C14H29N3O2.ClH/c1-4-14(15,5-2)11-17-13(19)9-7-6-8-10-16-12(3)18;/h4-11,15H2,1-3H3,(H,16,18)(H,17,19);1H. The number of rotatable bonds is 10. The molecule has 0 unspecified atom stereocenters. The van der Waals surface area contributed by atoms with E-state index in [0.29, 0.717) is 19.5 Å². The highest BCUT2D eigenvalue weighted by atomic mass is 35.5. The number of unbranched alkanes of at least 4 members (excludes halogenated alkanes) is 2. The summed E-state index contributed by atoms with van der Waals surface area (Å²) in [6.07, 6.45) is 4.96. The average molecular weight is 308 g/mol. The summed E-state index contributed by atoms with van der Waals surface area (Å²) >= 11 is 0. The number of halogens is 1. The monoisotopic (exact) mass is 307 g/mol. The summed E-state index contributed by atoms with van der Waals surface area (Å²) in [6, 6.07) is 0. The predicted octanol–water partition coefficient (Wildman–Crippen LogP) is 1.74. The van der Waals surface area contributed by atoms with Crippen LogP contribution in [0.1, 0.15) is 59.3 Å². The van der Waals surface area contributed by atoms with Crippen molar-refractivity contribution in [3.63, 3.8) is 0 Å². The first-order valence-corrected chi connectivity index (χ1v) is 7.23. The van der Waals surface area contributed by atoms with Crippen molar-refractivity contribution in [3.8, 4) is 0 Å². The number of nitrogens with two attached hydrogens (primary N) is 1. The minimum atomic E-state index is -0.277. The second-order valence-corrected chi connectivity index (χ2v) is 5.14. The van der Waals surface area contributed by atoms with E-state index in [1.54, 1.807) is 0 Å². The van der Waals surface area contributed by atoms with Gasteiger partial charge in [-0.15, -0.1) is 12.4 Å². The molecule has 2 amide bonds. The Morgan fingerprint density at radius 2 is 1.65 bits per heavy atom. The first-order chi connectivity index (χ1) is 8.93. The van der Waals surface area contributed by atoms with Gasteiger partial charge in [0.15, 0.2) is 0 Å².